The molecule has 0 saturated heterocycles. The van der Waals surface area contributed by atoms with Crippen LogP contribution in [0.15, 0.2) is 24.3 Å². The van der Waals surface area contributed by atoms with Crippen molar-refractivity contribution in [3.05, 3.63) is 29.8 Å². The highest BCUT2D eigenvalue weighted by Gasteiger charge is 2.25. The van der Waals surface area contributed by atoms with Crippen LogP contribution in [0.5, 0.6) is 0 Å². The Bertz CT molecular complexity index is 417. The van der Waals surface area contributed by atoms with Crippen molar-refractivity contribution in [2.75, 3.05) is 11.9 Å². The Morgan fingerprint density at radius 2 is 1.95 bits per heavy atom. The zero-order valence-electron chi connectivity index (χ0n) is 11.4. The maximum Gasteiger partial charge on any atom is 0.319 e. The Labute approximate surface area is 114 Å². The van der Waals surface area contributed by atoms with Crippen molar-refractivity contribution in [2.24, 2.45) is 5.92 Å². The van der Waals surface area contributed by atoms with E-state index in [0.29, 0.717) is 0 Å². The third-order valence-electron chi connectivity index (χ3n) is 3.77. The van der Waals surface area contributed by atoms with Crippen LogP contribution in [-0.2, 0) is 0 Å². The number of benzene rings is 1. The van der Waals surface area contributed by atoms with Crippen LogP contribution >= 0.6 is 0 Å². The topological polar surface area (TPSA) is 61.4 Å². The van der Waals surface area contributed by atoms with E-state index in [-0.39, 0.29) is 24.6 Å². The van der Waals surface area contributed by atoms with Gasteiger partial charge < -0.3 is 15.7 Å². The Balaban J connectivity index is 1.88. The molecular formula is C15H22N2O2. The van der Waals surface area contributed by atoms with Gasteiger partial charge in [0, 0.05) is 24.3 Å². The number of carbonyl (C=O) groups is 1. The number of amides is 2. The molecule has 0 aliphatic heterocycles. The van der Waals surface area contributed by atoms with Crippen molar-refractivity contribution in [1.29, 1.82) is 0 Å². The fourth-order valence-electron chi connectivity index (χ4n) is 2.59. The van der Waals surface area contributed by atoms with Crippen molar-refractivity contribution in [1.82, 2.24) is 5.32 Å². The van der Waals surface area contributed by atoms with Crippen LogP contribution in [0, 0.1) is 12.8 Å². The fraction of sp³-hybridized carbons (Fsp3) is 0.533. The van der Waals surface area contributed by atoms with Crippen molar-refractivity contribution in [2.45, 2.75) is 38.6 Å². The number of aliphatic hydroxyl groups is 1. The summed E-state index contributed by atoms with van der Waals surface area (Å²) in [5.41, 5.74) is 1.96. The molecule has 1 saturated carbocycles. The molecule has 1 aliphatic carbocycles. The number of aryl methyl sites for hydroxylation is 1. The molecule has 1 fully saturated rings. The molecule has 4 nitrogen and oxygen atoms in total. The molecule has 1 aromatic carbocycles. The molecule has 0 aromatic heterocycles. The van der Waals surface area contributed by atoms with Gasteiger partial charge in [-0.1, -0.05) is 30.5 Å². The highest BCUT2D eigenvalue weighted by molar-refractivity contribution is 5.89. The standard InChI is InChI=1S/C15H22N2O2/c1-11-6-8-13(9-7-11)16-15(19)17-14-5-3-2-4-12(14)10-18/h6-9,12,14,18H,2-5,10H2,1H3,(H2,16,17,19). The average Bonchev–Trinajstić information content (AvgIpc) is 2.42. The van der Waals surface area contributed by atoms with E-state index in [9.17, 15) is 9.90 Å². The van der Waals surface area contributed by atoms with Gasteiger partial charge >= 0.3 is 6.03 Å². The first-order chi connectivity index (χ1) is 9.19. The lowest BCUT2D eigenvalue weighted by atomic mass is 9.85. The minimum Gasteiger partial charge on any atom is -0.396 e. The number of rotatable bonds is 3. The summed E-state index contributed by atoms with van der Waals surface area (Å²) < 4.78 is 0. The maximum absolute atomic E-state index is 11.9. The molecule has 0 spiro atoms. The fourth-order valence-corrected chi connectivity index (χ4v) is 2.59. The summed E-state index contributed by atoms with van der Waals surface area (Å²) in [7, 11) is 0. The van der Waals surface area contributed by atoms with Crippen LogP contribution in [0.3, 0.4) is 0 Å². The molecule has 0 bridgehead atoms. The minimum atomic E-state index is -0.186. The van der Waals surface area contributed by atoms with Crippen molar-refractivity contribution in [3.63, 3.8) is 0 Å². The molecule has 2 amide bonds. The quantitative estimate of drug-likeness (QED) is 0.784. The molecule has 4 heteroatoms. The van der Waals surface area contributed by atoms with Gasteiger partial charge in [-0.05, 0) is 31.9 Å². The summed E-state index contributed by atoms with van der Waals surface area (Å²) in [6.07, 6.45) is 4.20. The van der Waals surface area contributed by atoms with Crippen LogP contribution in [0.4, 0.5) is 10.5 Å². The molecule has 2 atom stereocenters. The predicted octanol–water partition coefficient (Wildman–Crippen LogP) is 2.67. The SMILES string of the molecule is Cc1ccc(NC(=O)NC2CCCCC2CO)cc1. The zero-order chi connectivity index (χ0) is 13.7. The lowest BCUT2D eigenvalue weighted by Gasteiger charge is -2.30. The van der Waals surface area contributed by atoms with Gasteiger partial charge in [-0.15, -0.1) is 0 Å². The lowest BCUT2D eigenvalue weighted by molar-refractivity contribution is 0.156. The van der Waals surface area contributed by atoms with Gasteiger partial charge in [0.15, 0.2) is 0 Å². The van der Waals surface area contributed by atoms with E-state index in [0.717, 1.165) is 31.4 Å². The zero-order valence-corrected chi connectivity index (χ0v) is 11.4. The van der Waals surface area contributed by atoms with E-state index >= 15 is 0 Å². The number of anilines is 1. The molecule has 0 radical (unpaired) electrons. The van der Waals surface area contributed by atoms with Crippen molar-refractivity contribution in [3.8, 4) is 0 Å². The summed E-state index contributed by atoms with van der Waals surface area (Å²) in [5.74, 6) is 0.192. The first-order valence-electron chi connectivity index (χ1n) is 6.94. The predicted molar refractivity (Wildman–Crippen MR) is 76.2 cm³/mol. The second-order valence-electron chi connectivity index (χ2n) is 5.30. The smallest absolute Gasteiger partial charge is 0.319 e. The van der Waals surface area contributed by atoms with E-state index in [1.165, 1.54) is 5.56 Å². The van der Waals surface area contributed by atoms with Gasteiger partial charge in [0.2, 0.25) is 0 Å². The van der Waals surface area contributed by atoms with Crippen molar-refractivity contribution >= 4 is 11.7 Å². The summed E-state index contributed by atoms with van der Waals surface area (Å²) in [6, 6.07) is 7.61. The molecule has 0 heterocycles. The van der Waals surface area contributed by atoms with Crippen molar-refractivity contribution < 1.29 is 9.90 Å². The highest BCUT2D eigenvalue weighted by atomic mass is 16.3. The van der Waals surface area contributed by atoms with E-state index < -0.39 is 0 Å². The largest absolute Gasteiger partial charge is 0.396 e. The number of urea groups is 1. The van der Waals surface area contributed by atoms with Gasteiger partial charge in [-0.2, -0.15) is 0 Å². The van der Waals surface area contributed by atoms with E-state index in [1.807, 2.05) is 31.2 Å². The van der Waals surface area contributed by atoms with E-state index in [2.05, 4.69) is 10.6 Å². The van der Waals surface area contributed by atoms with E-state index in [1.54, 1.807) is 0 Å². The summed E-state index contributed by atoms with van der Waals surface area (Å²) in [4.78, 5) is 11.9. The summed E-state index contributed by atoms with van der Waals surface area (Å²) in [5, 5.41) is 15.1. The maximum atomic E-state index is 11.9. The molecule has 1 aliphatic rings. The third kappa shape index (κ3) is 3.96. The number of hydrogen-bond acceptors (Lipinski definition) is 2. The Morgan fingerprint density at radius 1 is 1.26 bits per heavy atom. The van der Waals surface area contributed by atoms with Gasteiger partial charge in [0.1, 0.15) is 0 Å². The second kappa shape index (κ2) is 6.57. The monoisotopic (exact) mass is 262 g/mol. The van der Waals surface area contributed by atoms with Crippen LogP contribution in [0.25, 0.3) is 0 Å². The summed E-state index contributed by atoms with van der Waals surface area (Å²) >= 11 is 0. The highest BCUT2D eigenvalue weighted by Crippen LogP contribution is 2.24. The van der Waals surface area contributed by atoms with Crippen LogP contribution in [0.1, 0.15) is 31.2 Å². The van der Waals surface area contributed by atoms with Crippen LogP contribution < -0.4 is 10.6 Å². The molecular weight excluding hydrogens is 240 g/mol. The Morgan fingerprint density at radius 3 is 2.63 bits per heavy atom. The lowest BCUT2D eigenvalue weighted by Crippen LogP contribution is -2.45. The second-order valence-corrected chi connectivity index (χ2v) is 5.30. The normalized spacial score (nSPS) is 22.8. The number of carbonyl (C=O) groups excluding carboxylic acids is 1. The van der Waals surface area contributed by atoms with Crippen LogP contribution in [0.2, 0.25) is 0 Å². The van der Waals surface area contributed by atoms with Gasteiger partial charge in [0.25, 0.3) is 0 Å². The molecule has 19 heavy (non-hydrogen) atoms. The average molecular weight is 262 g/mol. The third-order valence-corrected chi connectivity index (χ3v) is 3.77. The van der Waals surface area contributed by atoms with Crippen LogP contribution in [-0.4, -0.2) is 23.8 Å². The number of nitrogens with one attached hydrogen (secondary N) is 2. The molecule has 2 unspecified atom stereocenters. The Hall–Kier alpha value is -1.55. The first kappa shape index (κ1) is 13.9. The van der Waals surface area contributed by atoms with Gasteiger partial charge in [-0.3, -0.25) is 0 Å². The molecule has 1 aromatic rings. The minimum absolute atomic E-state index is 0.0872. The van der Waals surface area contributed by atoms with Gasteiger partial charge in [0.05, 0.1) is 0 Å². The number of hydrogen-bond donors (Lipinski definition) is 3. The molecule has 104 valence electrons. The first-order valence-corrected chi connectivity index (χ1v) is 6.94. The molecule has 2 rings (SSSR count). The molecule has 3 N–H and O–H groups in total. The number of aliphatic hydroxyl groups excluding tert-OH is 1. The van der Waals surface area contributed by atoms with E-state index in [4.69, 9.17) is 0 Å². The summed E-state index contributed by atoms with van der Waals surface area (Å²) in [6.45, 7) is 2.16. The van der Waals surface area contributed by atoms with Gasteiger partial charge in [-0.25, -0.2) is 4.79 Å². The Kier molecular flexibility index (Phi) is 4.80.